The summed E-state index contributed by atoms with van der Waals surface area (Å²) in [4.78, 5) is 11.1. The van der Waals surface area contributed by atoms with Gasteiger partial charge in [-0.1, -0.05) is 17.7 Å². The zero-order valence-electron chi connectivity index (χ0n) is 9.92. The second kappa shape index (κ2) is 4.47. The van der Waals surface area contributed by atoms with Gasteiger partial charge in [-0.05, 0) is 39.8 Å². The predicted molar refractivity (Wildman–Crippen MR) is 64.2 cm³/mol. The van der Waals surface area contributed by atoms with Crippen LogP contribution in [-0.4, -0.2) is 11.3 Å². The molecule has 0 fully saturated rings. The fraction of sp³-hybridized carbons (Fsp3) is 0.462. The maximum absolute atomic E-state index is 11.1. The van der Waals surface area contributed by atoms with Crippen molar-refractivity contribution in [3.05, 3.63) is 29.8 Å². The zero-order valence-corrected chi connectivity index (χ0v) is 9.92. The summed E-state index contributed by atoms with van der Waals surface area (Å²) < 4.78 is 0. The summed E-state index contributed by atoms with van der Waals surface area (Å²) in [7, 11) is 0. The fourth-order valence-corrected chi connectivity index (χ4v) is 1.69. The minimum absolute atomic E-state index is 0.179. The molecule has 0 aromatic heterocycles. The summed E-state index contributed by atoms with van der Waals surface area (Å²) in [5.41, 5.74) is 2.12. The van der Waals surface area contributed by atoms with Gasteiger partial charge in [0.05, 0.1) is 0 Å². The molecule has 0 aliphatic heterocycles. The summed E-state index contributed by atoms with van der Waals surface area (Å²) in [5, 5.41) is 3.36. The van der Waals surface area contributed by atoms with Gasteiger partial charge >= 0.3 is 0 Å². The van der Waals surface area contributed by atoms with Gasteiger partial charge in [-0.15, -0.1) is 0 Å². The SMILES string of the molecule is CC(=O)CC(C)(C)Nc1ccc(C)cc1. The second-order valence-electron chi connectivity index (χ2n) is 4.75. The summed E-state index contributed by atoms with van der Waals surface area (Å²) in [6, 6.07) is 8.20. The first-order valence-corrected chi connectivity index (χ1v) is 5.23. The molecule has 0 saturated heterocycles. The standard InChI is InChI=1S/C13H19NO/c1-10-5-7-12(8-6-10)14-13(3,4)9-11(2)15/h5-8,14H,9H2,1-4H3. The number of ketones is 1. The molecule has 0 heterocycles. The first kappa shape index (κ1) is 11.8. The van der Waals surface area contributed by atoms with E-state index in [1.807, 2.05) is 26.0 Å². The van der Waals surface area contributed by atoms with Crippen LogP contribution in [0, 0.1) is 6.92 Å². The maximum Gasteiger partial charge on any atom is 0.132 e. The molecule has 1 aromatic rings. The lowest BCUT2D eigenvalue weighted by Crippen LogP contribution is -2.32. The minimum atomic E-state index is -0.179. The molecule has 0 amide bonds. The molecule has 0 saturated carbocycles. The number of hydrogen-bond donors (Lipinski definition) is 1. The van der Waals surface area contributed by atoms with Gasteiger partial charge in [0.15, 0.2) is 0 Å². The third kappa shape index (κ3) is 4.15. The molecule has 2 nitrogen and oxygen atoms in total. The van der Waals surface area contributed by atoms with Gasteiger partial charge in [-0.25, -0.2) is 0 Å². The Bertz CT molecular complexity index is 338. The van der Waals surface area contributed by atoms with Gasteiger partial charge in [-0.2, -0.15) is 0 Å². The number of nitrogens with one attached hydrogen (secondary N) is 1. The van der Waals surface area contributed by atoms with Gasteiger partial charge in [0, 0.05) is 17.6 Å². The van der Waals surface area contributed by atoms with E-state index < -0.39 is 0 Å². The lowest BCUT2D eigenvalue weighted by Gasteiger charge is -2.26. The van der Waals surface area contributed by atoms with Crippen LogP contribution in [0.3, 0.4) is 0 Å². The topological polar surface area (TPSA) is 29.1 Å². The Morgan fingerprint density at radius 2 is 1.80 bits per heavy atom. The molecule has 82 valence electrons. The highest BCUT2D eigenvalue weighted by Crippen LogP contribution is 2.18. The molecule has 1 rings (SSSR count). The Kier molecular flexibility index (Phi) is 3.51. The van der Waals surface area contributed by atoms with E-state index >= 15 is 0 Å². The first-order valence-electron chi connectivity index (χ1n) is 5.23. The lowest BCUT2D eigenvalue weighted by molar-refractivity contribution is -0.117. The highest BCUT2D eigenvalue weighted by molar-refractivity contribution is 5.77. The van der Waals surface area contributed by atoms with Crippen molar-refractivity contribution >= 4 is 11.5 Å². The number of rotatable bonds is 4. The molecule has 2 heteroatoms. The Morgan fingerprint density at radius 1 is 1.27 bits per heavy atom. The number of benzene rings is 1. The number of Topliss-reactive ketones (excluding diaryl/α,β-unsaturated/α-hetero) is 1. The summed E-state index contributed by atoms with van der Waals surface area (Å²) in [6.45, 7) is 7.76. The van der Waals surface area contributed by atoms with E-state index in [0.29, 0.717) is 6.42 Å². The molecule has 15 heavy (non-hydrogen) atoms. The number of anilines is 1. The minimum Gasteiger partial charge on any atom is -0.380 e. The summed E-state index contributed by atoms with van der Waals surface area (Å²) in [6.07, 6.45) is 0.543. The van der Waals surface area contributed by atoms with Gasteiger partial charge < -0.3 is 5.32 Å². The van der Waals surface area contributed by atoms with E-state index in [9.17, 15) is 4.79 Å². The van der Waals surface area contributed by atoms with Crippen molar-refractivity contribution in [3.8, 4) is 0 Å². The zero-order chi connectivity index (χ0) is 11.5. The van der Waals surface area contributed by atoms with Crippen molar-refractivity contribution in [2.24, 2.45) is 0 Å². The molecule has 0 spiro atoms. The van der Waals surface area contributed by atoms with Gasteiger partial charge in [-0.3, -0.25) is 4.79 Å². The highest BCUT2D eigenvalue weighted by atomic mass is 16.1. The molecule has 1 aromatic carbocycles. The van der Waals surface area contributed by atoms with Crippen LogP contribution in [0.15, 0.2) is 24.3 Å². The van der Waals surface area contributed by atoms with Crippen molar-refractivity contribution in [1.82, 2.24) is 0 Å². The molecule has 0 aliphatic rings. The molecule has 0 atom stereocenters. The van der Waals surface area contributed by atoms with Crippen LogP contribution >= 0.6 is 0 Å². The van der Waals surface area contributed by atoms with Gasteiger partial charge in [0.2, 0.25) is 0 Å². The maximum atomic E-state index is 11.1. The Balaban J connectivity index is 2.68. The number of carbonyl (C=O) groups is 1. The van der Waals surface area contributed by atoms with Crippen molar-refractivity contribution in [3.63, 3.8) is 0 Å². The number of carbonyl (C=O) groups excluding carboxylic acids is 1. The molecule has 0 radical (unpaired) electrons. The van der Waals surface area contributed by atoms with E-state index in [-0.39, 0.29) is 11.3 Å². The smallest absolute Gasteiger partial charge is 0.132 e. The van der Waals surface area contributed by atoms with E-state index in [1.54, 1.807) is 6.92 Å². The molecule has 1 N–H and O–H groups in total. The third-order valence-corrected chi connectivity index (χ3v) is 2.23. The van der Waals surface area contributed by atoms with Crippen LogP contribution in [-0.2, 0) is 4.79 Å². The highest BCUT2D eigenvalue weighted by Gasteiger charge is 2.19. The number of aryl methyl sites for hydroxylation is 1. The third-order valence-electron chi connectivity index (χ3n) is 2.23. The average molecular weight is 205 g/mol. The first-order chi connectivity index (χ1) is 6.89. The van der Waals surface area contributed by atoms with Crippen LogP contribution in [0.5, 0.6) is 0 Å². The lowest BCUT2D eigenvalue weighted by atomic mass is 9.97. The average Bonchev–Trinajstić information content (AvgIpc) is 2.06. The monoisotopic (exact) mass is 205 g/mol. The van der Waals surface area contributed by atoms with Gasteiger partial charge in [0.1, 0.15) is 5.78 Å². The van der Waals surface area contributed by atoms with E-state index in [1.165, 1.54) is 5.56 Å². The fourth-order valence-electron chi connectivity index (χ4n) is 1.69. The quantitative estimate of drug-likeness (QED) is 0.818. The van der Waals surface area contributed by atoms with E-state index in [4.69, 9.17) is 0 Å². The molecular formula is C13H19NO. The van der Waals surface area contributed by atoms with Crippen molar-refractivity contribution in [1.29, 1.82) is 0 Å². The van der Waals surface area contributed by atoms with E-state index in [2.05, 4.69) is 24.4 Å². The molecule has 0 bridgehead atoms. The second-order valence-corrected chi connectivity index (χ2v) is 4.75. The summed E-state index contributed by atoms with van der Waals surface area (Å²) in [5.74, 6) is 0.208. The van der Waals surface area contributed by atoms with Crippen molar-refractivity contribution in [2.75, 3.05) is 5.32 Å². The van der Waals surface area contributed by atoms with Crippen molar-refractivity contribution < 1.29 is 4.79 Å². The van der Waals surface area contributed by atoms with E-state index in [0.717, 1.165) is 5.69 Å². The number of hydrogen-bond acceptors (Lipinski definition) is 2. The Labute approximate surface area is 91.7 Å². The molecular weight excluding hydrogens is 186 g/mol. The molecule has 0 aliphatic carbocycles. The normalized spacial score (nSPS) is 11.2. The Morgan fingerprint density at radius 3 is 2.27 bits per heavy atom. The van der Waals surface area contributed by atoms with Crippen molar-refractivity contribution in [2.45, 2.75) is 39.7 Å². The van der Waals surface area contributed by atoms with Gasteiger partial charge in [0.25, 0.3) is 0 Å². The van der Waals surface area contributed by atoms with Crippen LogP contribution in [0.25, 0.3) is 0 Å². The molecule has 0 unspecified atom stereocenters. The van der Waals surface area contributed by atoms with Crippen LogP contribution in [0.1, 0.15) is 32.8 Å². The Hall–Kier alpha value is -1.31. The van der Waals surface area contributed by atoms with Crippen LogP contribution < -0.4 is 5.32 Å². The largest absolute Gasteiger partial charge is 0.380 e. The summed E-state index contributed by atoms with van der Waals surface area (Å²) >= 11 is 0. The predicted octanol–water partition coefficient (Wildman–Crippen LogP) is 3.16. The van der Waals surface area contributed by atoms with Crippen LogP contribution in [0.4, 0.5) is 5.69 Å². The van der Waals surface area contributed by atoms with Crippen LogP contribution in [0.2, 0.25) is 0 Å².